The summed E-state index contributed by atoms with van der Waals surface area (Å²) < 4.78 is 48.3. The predicted molar refractivity (Wildman–Crippen MR) is 137 cm³/mol. The van der Waals surface area contributed by atoms with Crippen LogP contribution in [-0.2, 0) is 21.2 Å². The molecule has 1 aliphatic heterocycles. The summed E-state index contributed by atoms with van der Waals surface area (Å²) in [7, 11) is -3.83. The zero-order chi connectivity index (χ0) is 25.3. The predicted octanol–water partition coefficient (Wildman–Crippen LogP) is 4.80. The lowest BCUT2D eigenvalue weighted by atomic mass is 10.0. The van der Waals surface area contributed by atoms with Crippen molar-refractivity contribution in [1.82, 2.24) is 9.21 Å². The van der Waals surface area contributed by atoms with E-state index < -0.39 is 21.9 Å². The molecule has 2 aromatic carbocycles. The first-order valence-electron chi connectivity index (χ1n) is 12.1. The van der Waals surface area contributed by atoms with Crippen molar-refractivity contribution >= 4 is 27.3 Å². The summed E-state index contributed by atoms with van der Waals surface area (Å²) in [5.74, 6) is -0.325. The molecular formula is C27H29FN2O4S2. The van der Waals surface area contributed by atoms with Gasteiger partial charge in [-0.2, -0.15) is 4.31 Å². The van der Waals surface area contributed by atoms with Crippen LogP contribution in [0.5, 0.6) is 5.75 Å². The SMILES string of the molecule is Cc1ccc(S(=O)(=O)N(CC(=O)N2CCc3sccc3[C@@H]2COc2ccccc2F)CC2CC2)cc1. The highest BCUT2D eigenvalue weighted by Gasteiger charge is 2.37. The first kappa shape index (κ1) is 24.9. The molecule has 2 heterocycles. The molecule has 1 aromatic heterocycles. The van der Waals surface area contributed by atoms with E-state index in [1.807, 2.05) is 18.4 Å². The number of ether oxygens (including phenoxy) is 1. The van der Waals surface area contributed by atoms with E-state index in [1.54, 1.807) is 58.7 Å². The third-order valence-electron chi connectivity index (χ3n) is 6.78. The number of carbonyl (C=O) groups is 1. The van der Waals surface area contributed by atoms with Gasteiger partial charge in [-0.1, -0.05) is 29.8 Å². The molecule has 190 valence electrons. The van der Waals surface area contributed by atoms with Crippen LogP contribution in [0.3, 0.4) is 0 Å². The third-order valence-corrected chi connectivity index (χ3v) is 9.60. The summed E-state index contributed by atoms with van der Waals surface area (Å²) >= 11 is 1.63. The van der Waals surface area contributed by atoms with E-state index in [2.05, 4.69) is 0 Å². The zero-order valence-electron chi connectivity index (χ0n) is 20.1. The Bertz CT molecular complexity index is 1340. The highest BCUT2D eigenvalue weighted by Crippen LogP contribution is 2.35. The monoisotopic (exact) mass is 528 g/mol. The van der Waals surface area contributed by atoms with Crippen LogP contribution >= 0.6 is 11.3 Å². The fourth-order valence-corrected chi connectivity index (χ4v) is 6.94. The van der Waals surface area contributed by atoms with Gasteiger partial charge in [-0.3, -0.25) is 4.79 Å². The van der Waals surface area contributed by atoms with Gasteiger partial charge in [0.25, 0.3) is 0 Å². The van der Waals surface area contributed by atoms with Crippen molar-refractivity contribution in [3.8, 4) is 5.75 Å². The van der Waals surface area contributed by atoms with Gasteiger partial charge < -0.3 is 9.64 Å². The Balaban J connectivity index is 1.38. The molecule has 5 rings (SSSR count). The average Bonchev–Trinajstić information content (AvgIpc) is 3.55. The molecule has 0 unspecified atom stereocenters. The van der Waals surface area contributed by atoms with E-state index in [0.717, 1.165) is 24.0 Å². The Morgan fingerprint density at radius 3 is 2.61 bits per heavy atom. The topological polar surface area (TPSA) is 66.9 Å². The van der Waals surface area contributed by atoms with Gasteiger partial charge in [-0.25, -0.2) is 12.8 Å². The molecule has 0 N–H and O–H groups in total. The number of halogens is 1. The molecule has 1 amide bonds. The summed E-state index contributed by atoms with van der Waals surface area (Å²) in [4.78, 5) is 16.7. The molecule has 9 heteroatoms. The molecule has 2 aliphatic rings. The van der Waals surface area contributed by atoms with Crippen LogP contribution in [0.2, 0.25) is 0 Å². The summed E-state index contributed by atoms with van der Waals surface area (Å²) in [6.07, 6.45) is 2.63. The van der Waals surface area contributed by atoms with E-state index in [9.17, 15) is 17.6 Å². The number of benzene rings is 2. The fourth-order valence-electron chi connectivity index (χ4n) is 4.54. The first-order chi connectivity index (χ1) is 17.3. The number of para-hydroxylation sites is 1. The van der Waals surface area contributed by atoms with Crippen LogP contribution in [0.15, 0.2) is 64.9 Å². The molecule has 0 radical (unpaired) electrons. The van der Waals surface area contributed by atoms with Gasteiger partial charge in [-0.15, -0.1) is 11.3 Å². The second kappa shape index (κ2) is 10.3. The Labute approximate surface area is 215 Å². The Kier molecular flexibility index (Phi) is 7.14. The normalized spacial score (nSPS) is 17.8. The number of sulfonamides is 1. The lowest BCUT2D eigenvalue weighted by Gasteiger charge is -2.37. The third kappa shape index (κ3) is 5.33. The molecule has 0 saturated heterocycles. The van der Waals surface area contributed by atoms with E-state index in [1.165, 1.54) is 15.2 Å². The summed E-state index contributed by atoms with van der Waals surface area (Å²) in [6, 6.07) is 14.5. The fraction of sp³-hybridized carbons (Fsp3) is 0.370. The number of aryl methyl sites for hydroxylation is 1. The quantitative estimate of drug-likeness (QED) is 0.400. The minimum absolute atomic E-state index is 0.0870. The van der Waals surface area contributed by atoms with Gasteiger partial charge in [0.15, 0.2) is 11.6 Å². The smallest absolute Gasteiger partial charge is 0.243 e. The lowest BCUT2D eigenvalue weighted by molar-refractivity contribution is -0.135. The minimum atomic E-state index is -3.83. The molecule has 6 nitrogen and oxygen atoms in total. The van der Waals surface area contributed by atoms with E-state index in [-0.39, 0.29) is 35.6 Å². The molecule has 0 bridgehead atoms. The highest BCUT2D eigenvalue weighted by atomic mass is 32.2. The van der Waals surface area contributed by atoms with E-state index in [0.29, 0.717) is 19.5 Å². The van der Waals surface area contributed by atoms with Gasteiger partial charge in [0, 0.05) is 18.0 Å². The van der Waals surface area contributed by atoms with Crippen LogP contribution in [0.25, 0.3) is 0 Å². The van der Waals surface area contributed by atoms with Crippen LogP contribution in [0.1, 0.15) is 34.9 Å². The molecule has 1 aliphatic carbocycles. The minimum Gasteiger partial charge on any atom is -0.488 e. The number of hydrogen-bond donors (Lipinski definition) is 0. The Hall–Kier alpha value is -2.75. The van der Waals surface area contributed by atoms with Crippen LogP contribution in [0, 0.1) is 18.7 Å². The second-order valence-corrected chi connectivity index (χ2v) is 12.4. The summed E-state index contributed by atoms with van der Waals surface area (Å²) in [5, 5.41) is 1.98. The number of fused-ring (bicyclic) bond motifs is 1. The lowest BCUT2D eigenvalue weighted by Crippen LogP contribution is -2.48. The van der Waals surface area contributed by atoms with Gasteiger partial charge >= 0.3 is 0 Å². The Morgan fingerprint density at radius 2 is 1.89 bits per heavy atom. The maximum Gasteiger partial charge on any atom is 0.243 e. The van der Waals surface area contributed by atoms with Gasteiger partial charge in [0.1, 0.15) is 6.61 Å². The van der Waals surface area contributed by atoms with Gasteiger partial charge in [0.05, 0.1) is 17.5 Å². The molecule has 3 aromatic rings. The van der Waals surface area contributed by atoms with Gasteiger partial charge in [0.2, 0.25) is 15.9 Å². The standard InChI is InChI=1S/C27H29FN2O4S2/c1-19-6-10-21(11-7-19)36(32,33)29(16-20-8-9-20)17-27(31)30-14-12-26-22(13-15-35-26)24(30)18-34-25-5-3-2-4-23(25)28/h2-7,10-11,13,15,20,24H,8-9,12,14,16-18H2,1H3/t24-/m0/s1. The van der Waals surface area contributed by atoms with Crippen molar-refractivity contribution < 1.29 is 22.3 Å². The van der Waals surface area contributed by atoms with Crippen LogP contribution in [0.4, 0.5) is 4.39 Å². The van der Waals surface area contributed by atoms with Crippen LogP contribution in [-0.4, -0.2) is 49.8 Å². The summed E-state index contributed by atoms with van der Waals surface area (Å²) in [5.41, 5.74) is 1.95. The summed E-state index contributed by atoms with van der Waals surface area (Å²) in [6.45, 7) is 2.54. The number of rotatable bonds is 9. The van der Waals surface area contributed by atoms with Gasteiger partial charge in [-0.05, 0) is 73.4 Å². The number of thiophene rings is 1. The van der Waals surface area contributed by atoms with Crippen molar-refractivity contribution in [2.75, 3.05) is 26.2 Å². The van der Waals surface area contributed by atoms with Crippen molar-refractivity contribution in [2.45, 2.75) is 37.1 Å². The van der Waals surface area contributed by atoms with Crippen molar-refractivity contribution in [3.05, 3.63) is 81.8 Å². The van der Waals surface area contributed by atoms with Crippen molar-refractivity contribution in [3.63, 3.8) is 0 Å². The Morgan fingerprint density at radius 1 is 1.14 bits per heavy atom. The molecule has 1 atom stereocenters. The molecule has 36 heavy (non-hydrogen) atoms. The molecule has 0 spiro atoms. The number of hydrogen-bond acceptors (Lipinski definition) is 5. The molecule has 1 saturated carbocycles. The van der Waals surface area contributed by atoms with Crippen molar-refractivity contribution in [1.29, 1.82) is 0 Å². The maximum absolute atomic E-state index is 14.2. The molecular weight excluding hydrogens is 499 g/mol. The number of amides is 1. The highest BCUT2D eigenvalue weighted by molar-refractivity contribution is 7.89. The molecule has 1 fully saturated rings. The average molecular weight is 529 g/mol. The maximum atomic E-state index is 14.2. The second-order valence-electron chi connectivity index (χ2n) is 9.45. The number of carbonyl (C=O) groups excluding carboxylic acids is 1. The first-order valence-corrected chi connectivity index (χ1v) is 14.4. The number of nitrogens with zero attached hydrogens (tertiary/aromatic N) is 2. The van der Waals surface area contributed by atoms with E-state index >= 15 is 0 Å². The zero-order valence-corrected chi connectivity index (χ0v) is 21.7. The van der Waals surface area contributed by atoms with E-state index in [4.69, 9.17) is 4.74 Å². The van der Waals surface area contributed by atoms with Crippen molar-refractivity contribution in [2.24, 2.45) is 5.92 Å². The largest absolute Gasteiger partial charge is 0.488 e. The van der Waals surface area contributed by atoms with Crippen LogP contribution < -0.4 is 4.74 Å².